The molecule has 6 nitrogen and oxygen atoms in total. The number of anilines is 1. The largest absolute Gasteiger partial charge is 0.493 e. The molecule has 2 aromatic rings. The van der Waals surface area contributed by atoms with E-state index >= 15 is 0 Å². The number of guanidine groups is 1. The van der Waals surface area contributed by atoms with E-state index in [0.717, 1.165) is 30.0 Å². The lowest BCUT2D eigenvalue weighted by atomic mass is 10.1. The maximum Gasteiger partial charge on any atom is 0.196 e. The van der Waals surface area contributed by atoms with Crippen LogP contribution in [0, 0.1) is 11.3 Å². The number of ether oxygens (including phenoxy) is 2. The van der Waals surface area contributed by atoms with Gasteiger partial charge >= 0.3 is 0 Å². The summed E-state index contributed by atoms with van der Waals surface area (Å²) >= 11 is 0. The highest BCUT2D eigenvalue weighted by Gasteiger charge is 2.02. The van der Waals surface area contributed by atoms with E-state index in [-0.39, 0.29) is 0 Å². The van der Waals surface area contributed by atoms with E-state index in [1.54, 1.807) is 19.2 Å². The molecule has 0 fully saturated rings. The number of benzene rings is 2. The number of rotatable bonds is 9. The van der Waals surface area contributed by atoms with Crippen molar-refractivity contribution in [3.63, 3.8) is 0 Å². The third kappa shape index (κ3) is 7.38. The Kier molecular flexibility index (Phi) is 8.67. The maximum absolute atomic E-state index is 8.87. The van der Waals surface area contributed by atoms with Crippen molar-refractivity contribution in [1.29, 1.82) is 5.26 Å². The van der Waals surface area contributed by atoms with Crippen molar-refractivity contribution in [2.45, 2.75) is 19.9 Å². The molecule has 0 aromatic heterocycles. The first-order valence-corrected chi connectivity index (χ1v) is 9.01. The van der Waals surface area contributed by atoms with Crippen molar-refractivity contribution in [2.24, 2.45) is 4.99 Å². The van der Waals surface area contributed by atoms with Crippen molar-refractivity contribution >= 4 is 11.6 Å². The smallest absolute Gasteiger partial charge is 0.196 e. The zero-order chi connectivity index (χ0) is 19.3. The van der Waals surface area contributed by atoms with Gasteiger partial charge in [-0.05, 0) is 36.8 Å². The minimum atomic E-state index is 0.522. The Bertz CT molecular complexity index is 766. The van der Waals surface area contributed by atoms with Crippen LogP contribution in [0.2, 0.25) is 0 Å². The zero-order valence-electron chi connectivity index (χ0n) is 15.9. The minimum Gasteiger partial charge on any atom is -0.493 e. The summed E-state index contributed by atoms with van der Waals surface area (Å²) in [7, 11) is 1.68. The molecule has 0 aliphatic carbocycles. The maximum atomic E-state index is 8.87. The SMILES string of the molecule is CCNC(=NCc1ccc(C#N)cc1)Nc1cccc(OCCCOC)c1. The first-order chi connectivity index (χ1) is 13.2. The molecule has 27 heavy (non-hydrogen) atoms. The van der Waals surface area contributed by atoms with Crippen LogP contribution in [-0.4, -0.2) is 32.8 Å². The van der Waals surface area contributed by atoms with Gasteiger partial charge in [-0.15, -0.1) is 0 Å². The Labute approximate surface area is 160 Å². The molecule has 2 rings (SSSR count). The van der Waals surface area contributed by atoms with Gasteiger partial charge in [-0.2, -0.15) is 5.26 Å². The average molecular weight is 366 g/mol. The molecule has 0 aliphatic heterocycles. The molecule has 6 heteroatoms. The molecular formula is C21H26N4O2. The second kappa shape index (κ2) is 11.6. The highest BCUT2D eigenvalue weighted by molar-refractivity contribution is 5.93. The number of hydrogen-bond donors (Lipinski definition) is 2. The summed E-state index contributed by atoms with van der Waals surface area (Å²) in [6, 6.07) is 17.3. The van der Waals surface area contributed by atoms with Crippen molar-refractivity contribution < 1.29 is 9.47 Å². The fraction of sp³-hybridized carbons (Fsp3) is 0.333. The Morgan fingerprint density at radius 2 is 1.96 bits per heavy atom. The average Bonchev–Trinajstić information content (AvgIpc) is 2.70. The zero-order valence-corrected chi connectivity index (χ0v) is 15.9. The van der Waals surface area contributed by atoms with E-state index in [9.17, 15) is 0 Å². The molecule has 0 heterocycles. The lowest BCUT2D eigenvalue weighted by molar-refractivity contribution is 0.172. The van der Waals surface area contributed by atoms with Crippen LogP contribution in [0.5, 0.6) is 5.75 Å². The van der Waals surface area contributed by atoms with E-state index in [4.69, 9.17) is 14.7 Å². The quantitative estimate of drug-likeness (QED) is 0.403. The second-order valence-electron chi connectivity index (χ2n) is 5.85. The van der Waals surface area contributed by atoms with Crippen molar-refractivity contribution in [1.82, 2.24) is 5.32 Å². The summed E-state index contributed by atoms with van der Waals surface area (Å²) < 4.78 is 10.8. The van der Waals surface area contributed by atoms with Gasteiger partial charge in [0.2, 0.25) is 0 Å². The summed E-state index contributed by atoms with van der Waals surface area (Å²) in [4.78, 5) is 4.60. The van der Waals surface area contributed by atoms with Crippen LogP contribution in [0.25, 0.3) is 0 Å². The summed E-state index contributed by atoms with van der Waals surface area (Å²) in [6.07, 6.45) is 0.850. The molecule has 0 saturated heterocycles. The highest BCUT2D eigenvalue weighted by Crippen LogP contribution is 2.17. The van der Waals surface area contributed by atoms with Gasteiger partial charge in [-0.25, -0.2) is 4.99 Å². The monoisotopic (exact) mass is 366 g/mol. The normalized spacial score (nSPS) is 10.9. The van der Waals surface area contributed by atoms with Gasteiger partial charge in [0.05, 0.1) is 24.8 Å². The van der Waals surface area contributed by atoms with E-state index in [0.29, 0.717) is 31.3 Å². The van der Waals surface area contributed by atoms with Crippen LogP contribution in [0.4, 0.5) is 5.69 Å². The predicted molar refractivity (Wildman–Crippen MR) is 108 cm³/mol. The minimum absolute atomic E-state index is 0.522. The molecule has 0 amide bonds. The molecule has 0 atom stereocenters. The van der Waals surface area contributed by atoms with Crippen molar-refractivity contribution in [3.05, 3.63) is 59.7 Å². The van der Waals surface area contributed by atoms with Gasteiger partial charge in [0.1, 0.15) is 5.75 Å². The number of nitrogens with zero attached hydrogens (tertiary/aromatic N) is 2. The van der Waals surface area contributed by atoms with Gasteiger partial charge in [-0.3, -0.25) is 0 Å². The van der Waals surface area contributed by atoms with Gasteiger partial charge in [-0.1, -0.05) is 18.2 Å². The second-order valence-corrected chi connectivity index (χ2v) is 5.85. The van der Waals surface area contributed by atoms with E-state index in [1.807, 2.05) is 43.3 Å². The first kappa shape index (κ1) is 20.3. The molecule has 2 N–H and O–H groups in total. The Hall–Kier alpha value is -3.04. The summed E-state index contributed by atoms with van der Waals surface area (Å²) in [5.41, 5.74) is 2.59. The number of aliphatic imine (C=N–C) groups is 1. The fourth-order valence-corrected chi connectivity index (χ4v) is 2.36. The van der Waals surface area contributed by atoms with Gasteiger partial charge in [0, 0.05) is 38.4 Å². The standard InChI is InChI=1S/C21H26N4O2/c1-3-23-21(24-16-18-10-8-17(15-22)9-11-18)25-19-6-4-7-20(14-19)27-13-5-12-26-2/h4,6-11,14H,3,5,12-13,16H2,1-2H3,(H2,23,24,25). The van der Waals surface area contributed by atoms with Crippen molar-refractivity contribution in [3.8, 4) is 11.8 Å². The van der Waals surface area contributed by atoms with Crippen LogP contribution >= 0.6 is 0 Å². The fourth-order valence-electron chi connectivity index (χ4n) is 2.36. The molecule has 0 bridgehead atoms. The van der Waals surface area contributed by atoms with Gasteiger partial charge in [0.15, 0.2) is 5.96 Å². The number of methoxy groups -OCH3 is 1. The Morgan fingerprint density at radius 1 is 1.15 bits per heavy atom. The molecular weight excluding hydrogens is 340 g/mol. The molecule has 0 saturated carbocycles. The Morgan fingerprint density at radius 3 is 2.67 bits per heavy atom. The van der Waals surface area contributed by atoms with Crippen LogP contribution < -0.4 is 15.4 Å². The molecule has 0 aliphatic rings. The van der Waals surface area contributed by atoms with Crippen LogP contribution in [-0.2, 0) is 11.3 Å². The Balaban J connectivity index is 1.98. The molecule has 0 spiro atoms. The summed E-state index contributed by atoms with van der Waals surface area (Å²) in [5, 5.41) is 15.4. The van der Waals surface area contributed by atoms with E-state index in [2.05, 4.69) is 21.7 Å². The molecule has 142 valence electrons. The summed E-state index contributed by atoms with van der Waals surface area (Å²) in [6.45, 7) is 4.60. The molecule has 0 unspecified atom stereocenters. The van der Waals surface area contributed by atoms with E-state index in [1.165, 1.54) is 0 Å². The topological polar surface area (TPSA) is 78.7 Å². The van der Waals surface area contributed by atoms with Gasteiger partial charge < -0.3 is 20.1 Å². The molecule has 0 radical (unpaired) electrons. The first-order valence-electron chi connectivity index (χ1n) is 9.01. The number of nitriles is 1. The summed E-state index contributed by atoms with van der Waals surface area (Å²) in [5.74, 6) is 1.50. The van der Waals surface area contributed by atoms with E-state index < -0.39 is 0 Å². The number of hydrogen-bond acceptors (Lipinski definition) is 4. The number of nitrogens with one attached hydrogen (secondary N) is 2. The lowest BCUT2D eigenvalue weighted by Crippen LogP contribution is -2.30. The highest BCUT2D eigenvalue weighted by atomic mass is 16.5. The lowest BCUT2D eigenvalue weighted by Gasteiger charge is -2.13. The molecule has 2 aromatic carbocycles. The third-order valence-corrected chi connectivity index (χ3v) is 3.71. The van der Waals surface area contributed by atoms with Crippen LogP contribution in [0.3, 0.4) is 0 Å². The van der Waals surface area contributed by atoms with Crippen molar-refractivity contribution in [2.75, 3.05) is 32.2 Å². The third-order valence-electron chi connectivity index (χ3n) is 3.71. The van der Waals surface area contributed by atoms with Crippen LogP contribution in [0.15, 0.2) is 53.5 Å². The van der Waals surface area contributed by atoms with Crippen LogP contribution in [0.1, 0.15) is 24.5 Å². The predicted octanol–water partition coefficient (Wildman–Crippen LogP) is 3.55. The van der Waals surface area contributed by atoms with Gasteiger partial charge in [0.25, 0.3) is 0 Å².